The average molecular weight is 755 g/mol. The average Bonchev–Trinajstić information content (AvgIpc) is 3.15. The molecule has 310 valence electrons. The molecule has 0 fully saturated rings. The molecule has 0 aliphatic heterocycles. The number of nitrogens with zero attached hydrogens (tertiary/aromatic N) is 2. The Balaban J connectivity index is 5.22. The van der Waals surface area contributed by atoms with Crippen LogP contribution in [0.25, 0.3) is 0 Å². The molecule has 16 heteroatoms. The van der Waals surface area contributed by atoms with Gasteiger partial charge in [0, 0.05) is 26.2 Å². The van der Waals surface area contributed by atoms with Crippen molar-refractivity contribution in [2.75, 3.05) is 65.6 Å². The van der Waals surface area contributed by atoms with Gasteiger partial charge < -0.3 is 71.5 Å². The minimum Gasteiger partial charge on any atom is -0.394 e. The van der Waals surface area contributed by atoms with E-state index in [1.807, 2.05) is 0 Å². The number of aliphatic hydroxyl groups excluding tert-OH is 10. The monoisotopic (exact) mass is 755 g/mol. The van der Waals surface area contributed by atoms with Gasteiger partial charge in [-0.15, -0.1) is 0 Å². The zero-order valence-corrected chi connectivity index (χ0v) is 31.8. The van der Waals surface area contributed by atoms with E-state index in [0.717, 1.165) is 64.7 Å². The molecule has 0 radical (unpaired) electrons. The van der Waals surface area contributed by atoms with Crippen molar-refractivity contribution in [3.8, 4) is 0 Å². The van der Waals surface area contributed by atoms with Gasteiger partial charge >= 0.3 is 0 Å². The minimum atomic E-state index is -1.98. The number of hydrogen-bond donors (Lipinski definition) is 12. The molecule has 16 nitrogen and oxygen atoms in total. The summed E-state index contributed by atoms with van der Waals surface area (Å²) < 4.78 is 0. The molecule has 0 aromatic carbocycles. The highest BCUT2D eigenvalue weighted by atomic mass is 16.4. The summed E-state index contributed by atoms with van der Waals surface area (Å²) >= 11 is 0. The topological polar surface area (TPSA) is 267 Å². The molecule has 0 rings (SSSR count). The van der Waals surface area contributed by atoms with Gasteiger partial charge in [-0.2, -0.15) is 0 Å². The minimum absolute atomic E-state index is 0.214. The maximum absolute atomic E-state index is 12.4. The van der Waals surface area contributed by atoms with Gasteiger partial charge in [-0.3, -0.25) is 9.59 Å². The summed E-state index contributed by atoms with van der Waals surface area (Å²) in [5.41, 5.74) is 0. The van der Waals surface area contributed by atoms with Crippen molar-refractivity contribution < 1.29 is 60.7 Å². The molecule has 52 heavy (non-hydrogen) atoms. The second kappa shape index (κ2) is 31.8. The van der Waals surface area contributed by atoms with Gasteiger partial charge in [0.05, 0.1) is 13.2 Å². The number of amides is 2. The highest BCUT2D eigenvalue weighted by Gasteiger charge is 2.35. The molecular weight excluding hydrogens is 680 g/mol. The van der Waals surface area contributed by atoms with Crippen LogP contribution in [0.5, 0.6) is 0 Å². The van der Waals surface area contributed by atoms with Crippen molar-refractivity contribution in [3.63, 3.8) is 0 Å². The van der Waals surface area contributed by atoms with Gasteiger partial charge in [0.25, 0.3) is 11.8 Å². The van der Waals surface area contributed by atoms with E-state index in [0.29, 0.717) is 25.9 Å². The van der Waals surface area contributed by atoms with Crippen LogP contribution in [-0.2, 0) is 9.59 Å². The fourth-order valence-corrected chi connectivity index (χ4v) is 5.78. The van der Waals surface area contributed by atoms with Gasteiger partial charge in [-0.25, -0.2) is 0 Å². The van der Waals surface area contributed by atoms with Crippen molar-refractivity contribution >= 4 is 11.8 Å². The molecule has 2 amide bonds. The summed E-state index contributed by atoms with van der Waals surface area (Å²) in [5, 5.41) is 102. The van der Waals surface area contributed by atoms with E-state index < -0.39 is 73.9 Å². The van der Waals surface area contributed by atoms with E-state index >= 15 is 0 Å². The molecule has 0 bridgehead atoms. The first-order valence-electron chi connectivity index (χ1n) is 19.5. The Labute approximate surface area is 310 Å². The molecule has 0 aromatic heterocycles. The van der Waals surface area contributed by atoms with Gasteiger partial charge in [0.2, 0.25) is 0 Å². The Morgan fingerprint density at radius 2 is 0.750 bits per heavy atom. The van der Waals surface area contributed by atoms with Crippen molar-refractivity contribution in [2.24, 2.45) is 0 Å². The van der Waals surface area contributed by atoms with E-state index in [9.17, 15) is 50.4 Å². The first-order chi connectivity index (χ1) is 24.9. The van der Waals surface area contributed by atoms with Crippen molar-refractivity contribution in [3.05, 3.63) is 0 Å². The fourth-order valence-electron chi connectivity index (χ4n) is 5.78. The number of hydrogen-bond acceptors (Lipinski definition) is 14. The van der Waals surface area contributed by atoms with E-state index in [4.69, 9.17) is 10.2 Å². The number of carbonyl (C=O) groups is 2. The maximum Gasteiger partial charge on any atom is 0.251 e. The lowest BCUT2D eigenvalue weighted by Crippen LogP contribution is -2.51. The van der Waals surface area contributed by atoms with Gasteiger partial charge in [-0.05, 0) is 51.9 Å². The van der Waals surface area contributed by atoms with Crippen LogP contribution < -0.4 is 10.6 Å². The van der Waals surface area contributed by atoms with Crippen LogP contribution in [0.1, 0.15) is 104 Å². The Hall–Kier alpha value is -1.54. The van der Waals surface area contributed by atoms with Crippen molar-refractivity contribution in [2.45, 2.75) is 153 Å². The lowest BCUT2D eigenvalue weighted by atomic mass is 10.0. The van der Waals surface area contributed by atoms with Gasteiger partial charge in [0.1, 0.15) is 36.6 Å². The van der Waals surface area contributed by atoms with E-state index in [-0.39, 0.29) is 13.1 Å². The van der Waals surface area contributed by atoms with E-state index in [2.05, 4.69) is 34.3 Å². The highest BCUT2D eigenvalue weighted by molar-refractivity contribution is 5.81. The maximum atomic E-state index is 12.4. The Kier molecular flexibility index (Phi) is 30.8. The van der Waals surface area contributed by atoms with E-state index in [1.54, 1.807) is 0 Å². The first-order valence-corrected chi connectivity index (χ1v) is 19.5. The first kappa shape index (κ1) is 50.5. The smallest absolute Gasteiger partial charge is 0.251 e. The largest absolute Gasteiger partial charge is 0.394 e. The van der Waals surface area contributed by atoms with Crippen molar-refractivity contribution in [1.29, 1.82) is 0 Å². The zero-order chi connectivity index (χ0) is 39.3. The van der Waals surface area contributed by atoms with Crippen molar-refractivity contribution in [1.82, 2.24) is 20.4 Å². The summed E-state index contributed by atoms with van der Waals surface area (Å²) in [6.07, 6.45) is -0.191. The van der Waals surface area contributed by atoms with Crippen LogP contribution in [-0.4, -0.2) is 187 Å². The molecule has 12 N–H and O–H groups in total. The third-order valence-corrected chi connectivity index (χ3v) is 9.34. The molecule has 0 unspecified atom stereocenters. The molecule has 0 saturated carbocycles. The standard InChI is InChI=1S/C36H74N4O12/c1-3-5-7-9-11-13-19-39(21-15-17-37-35(51)33(49)31(47)29(45)27(43)25-41)23-24-40(20-14-12-10-8-6-4-2)22-16-18-38-36(52)34(50)32(48)30(46)28(44)26-42/h27-34,41-50H,3-26H2,1-2H3,(H,37,51)(H,38,52)/t27-,28-,29-,30-,31+,32+,33-,34-/m0/s1. The Morgan fingerprint density at radius 1 is 0.442 bits per heavy atom. The van der Waals surface area contributed by atoms with Crippen LogP contribution in [0.15, 0.2) is 0 Å². The summed E-state index contributed by atoms with van der Waals surface area (Å²) in [5.74, 6) is -1.78. The molecule has 0 aliphatic carbocycles. The zero-order valence-electron chi connectivity index (χ0n) is 31.8. The van der Waals surface area contributed by atoms with E-state index in [1.165, 1.54) is 38.5 Å². The Bertz CT molecular complexity index is 811. The quantitative estimate of drug-likeness (QED) is 0.0319. The predicted octanol–water partition coefficient (Wildman–Crippen LogP) is -1.80. The predicted molar refractivity (Wildman–Crippen MR) is 197 cm³/mol. The molecule has 0 aliphatic rings. The number of rotatable bonds is 35. The van der Waals surface area contributed by atoms with Crippen LogP contribution in [0.2, 0.25) is 0 Å². The van der Waals surface area contributed by atoms with Crippen LogP contribution in [0.3, 0.4) is 0 Å². The number of aliphatic hydroxyl groups is 10. The van der Waals surface area contributed by atoms with Gasteiger partial charge in [-0.1, -0.05) is 78.1 Å². The lowest BCUT2D eigenvalue weighted by Gasteiger charge is -2.28. The molecule has 0 aromatic rings. The Morgan fingerprint density at radius 3 is 1.08 bits per heavy atom. The fraction of sp³-hybridized carbons (Fsp3) is 0.944. The summed E-state index contributed by atoms with van der Waals surface area (Å²) in [6, 6.07) is 0. The van der Waals surface area contributed by atoms with Crippen LogP contribution in [0.4, 0.5) is 0 Å². The number of nitrogens with one attached hydrogen (secondary N) is 2. The third-order valence-electron chi connectivity index (χ3n) is 9.34. The second-order valence-electron chi connectivity index (χ2n) is 13.9. The second-order valence-corrected chi connectivity index (χ2v) is 13.9. The van der Waals surface area contributed by atoms with Crippen LogP contribution in [0, 0.1) is 0 Å². The molecule has 0 saturated heterocycles. The lowest BCUT2D eigenvalue weighted by molar-refractivity contribution is -0.149. The molecule has 8 atom stereocenters. The molecule has 0 spiro atoms. The molecular formula is C36H74N4O12. The normalized spacial score (nSPS) is 16.7. The third kappa shape index (κ3) is 22.6. The van der Waals surface area contributed by atoms with Gasteiger partial charge in [0.15, 0.2) is 12.2 Å². The summed E-state index contributed by atoms with van der Waals surface area (Å²) in [6.45, 7) is 7.68. The SMILES string of the molecule is CCCCCCCCN(CCCNC(=O)[C@@H](O)[C@H](O)[C@@H](O)[C@@H](O)CO)CCN(CCCCCCCC)CCCNC(=O)[C@@H](O)[C@H](O)[C@@H](O)[C@@H](O)CO. The summed E-state index contributed by atoms with van der Waals surface area (Å²) in [7, 11) is 0. The number of carbonyl (C=O) groups excluding carboxylic acids is 2. The highest BCUT2D eigenvalue weighted by Crippen LogP contribution is 2.10. The molecule has 0 heterocycles. The van der Waals surface area contributed by atoms with Crippen LogP contribution >= 0.6 is 0 Å². The number of unbranched alkanes of at least 4 members (excludes halogenated alkanes) is 10. The summed E-state index contributed by atoms with van der Waals surface area (Å²) in [4.78, 5) is 29.4.